The number of carbonyl (C=O) groups is 1. The minimum Gasteiger partial charge on any atom is -0.359 e. The van der Waals surface area contributed by atoms with Crippen LogP contribution >= 0.6 is 0 Å². The van der Waals surface area contributed by atoms with E-state index in [-0.39, 0.29) is 5.83 Å². The van der Waals surface area contributed by atoms with Gasteiger partial charge in [-0.1, -0.05) is 36.8 Å². The van der Waals surface area contributed by atoms with Crippen LogP contribution in [0.25, 0.3) is 0 Å². The molecule has 1 rings (SSSR count). The van der Waals surface area contributed by atoms with Crippen molar-refractivity contribution >= 4 is 6.41 Å². The van der Waals surface area contributed by atoms with E-state index in [1.807, 2.05) is 32.1 Å². The molecule has 1 aliphatic rings. The van der Waals surface area contributed by atoms with Crippen molar-refractivity contribution < 1.29 is 14.0 Å². The Morgan fingerprint density at radius 3 is 2.55 bits per heavy atom. The fourth-order valence-electron chi connectivity index (χ4n) is 1.73. The Balaban J connectivity index is 0.000000763. The summed E-state index contributed by atoms with van der Waals surface area (Å²) in [5.41, 5.74) is 5.39. The normalized spacial score (nSPS) is 16.4. The second-order valence-corrected chi connectivity index (χ2v) is 4.68. The molecular weight excluding hydrogens is 283 g/mol. The fraction of sp³-hybridized carbons (Fsp3) is 0.471. The number of hydroxylamine groups is 1. The van der Waals surface area contributed by atoms with E-state index < -0.39 is 0 Å². The number of nitrogens with one attached hydrogen (secondary N) is 2. The highest BCUT2D eigenvalue weighted by atomic mass is 19.1. The molecule has 0 aliphatic carbocycles. The average molecular weight is 310 g/mol. The van der Waals surface area contributed by atoms with Gasteiger partial charge in [0, 0.05) is 18.7 Å². The molecular formula is C17H27FN2O2. The van der Waals surface area contributed by atoms with E-state index in [0.29, 0.717) is 25.1 Å². The Morgan fingerprint density at radius 2 is 2.14 bits per heavy atom. The van der Waals surface area contributed by atoms with Crippen LogP contribution in [0.15, 0.2) is 46.9 Å². The van der Waals surface area contributed by atoms with Gasteiger partial charge in [0.2, 0.25) is 6.41 Å². The van der Waals surface area contributed by atoms with Crippen LogP contribution in [-0.4, -0.2) is 26.1 Å². The van der Waals surface area contributed by atoms with Crippen molar-refractivity contribution in [1.82, 2.24) is 10.8 Å². The minimum atomic E-state index is -0.178. The van der Waals surface area contributed by atoms with Gasteiger partial charge in [-0.05, 0) is 32.8 Å². The van der Waals surface area contributed by atoms with Gasteiger partial charge in [0.1, 0.15) is 5.83 Å². The van der Waals surface area contributed by atoms with Crippen LogP contribution in [0.3, 0.4) is 0 Å². The Bertz CT molecular complexity index is 448. The monoisotopic (exact) mass is 310 g/mol. The van der Waals surface area contributed by atoms with Crippen molar-refractivity contribution in [3.05, 3.63) is 46.9 Å². The molecule has 0 aromatic heterocycles. The number of carbonyl (C=O) groups excluding carboxylic acids is 1. The molecule has 0 saturated heterocycles. The number of hydrogen-bond acceptors (Lipinski definition) is 3. The lowest BCUT2D eigenvalue weighted by molar-refractivity contribution is -0.109. The van der Waals surface area contributed by atoms with Crippen LogP contribution in [-0.2, 0) is 9.63 Å². The first-order valence-corrected chi connectivity index (χ1v) is 7.49. The first-order valence-electron chi connectivity index (χ1n) is 7.49. The molecule has 0 unspecified atom stereocenters. The zero-order valence-electron chi connectivity index (χ0n) is 13.9. The molecule has 0 atom stereocenters. The van der Waals surface area contributed by atoms with Crippen molar-refractivity contribution in [2.75, 3.05) is 19.7 Å². The fourth-order valence-corrected chi connectivity index (χ4v) is 1.73. The predicted molar refractivity (Wildman–Crippen MR) is 88.8 cm³/mol. The Hall–Kier alpha value is -1.72. The van der Waals surface area contributed by atoms with E-state index in [1.54, 1.807) is 0 Å². The van der Waals surface area contributed by atoms with E-state index in [2.05, 4.69) is 23.8 Å². The van der Waals surface area contributed by atoms with Crippen molar-refractivity contribution in [1.29, 1.82) is 0 Å². The Morgan fingerprint density at radius 1 is 1.41 bits per heavy atom. The first-order chi connectivity index (χ1) is 10.6. The lowest BCUT2D eigenvalue weighted by Gasteiger charge is -2.15. The zero-order chi connectivity index (χ0) is 16.8. The number of allylic oxidation sites excluding steroid dienone is 5. The van der Waals surface area contributed by atoms with E-state index in [4.69, 9.17) is 4.84 Å². The largest absolute Gasteiger partial charge is 0.359 e. The van der Waals surface area contributed by atoms with Gasteiger partial charge in [0.25, 0.3) is 0 Å². The predicted octanol–water partition coefficient (Wildman–Crippen LogP) is 3.36. The third kappa shape index (κ3) is 9.26. The standard InChI is InChI=1S/C14H20FNO.C3H7NO/c1-4-5-11(2)6-7-14(12(3)15)13-8-9-16-17-10-13;1-2-4-3-5/h5-8,16H,4,9-10H2,1-3H3;3H,2H2,1H3,(H,4,5)/b7-6-,11-5+,14-12-;. The maximum atomic E-state index is 13.5. The molecule has 0 fully saturated rings. The van der Waals surface area contributed by atoms with Gasteiger partial charge in [-0.25, -0.2) is 4.39 Å². The average Bonchev–Trinajstić information content (AvgIpc) is 2.50. The molecule has 0 aromatic carbocycles. The molecule has 124 valence electrons. The summed E-state index contributed by atoms with van der Waals surface area (Å²) >= 11 is 0. The summed E-state index contributed by atoms with van der Waals surface area (Å²) in [6, 6.07) is 0. The Labute approximate surface area is 132 Å². The van der Waals surface area contributed by atoms with Gasteiger partial charge in [-0.3, -0.25) is 9.63 Å². The highest BCUT2D eigenvalue weighted by Crippen LogP contribution is 2.20. The SMILES string of the molecule is CC/C=C(C)/C=C\C(C1=CCNOC1)=C(/C)F.CCNC=O. The molecule has 0 radical (unpaired) electrons. The van der Waals surface area contributed by atoms with Gasteiger partial charge < -0.3 is 5.32 Å². The van der Waals surface area contributed by atoms with Gasteiger partial charge in [0.15, 0.2) is 0 Å². The molecule has 1 heterocycles. The smallest absolute Gasteiger partial charge is 0.207 e. The summed E-state index contributed by atoms with van der Waals surface area (Å²) in [4.78, 5) is 14.4. The number of hydrogen-bond donors (Lipinski definition) is 2. The number of halogens is 1. The number of amides is 1. The molecule has 0 bridgehead atoms. The third-order valence-electron chi connectivity index (χ3n) is 2.81. The lowest BCUT2D eigenvalue weighted by atomic mass is 10.0. The lowest BCUT2D eigenvalue weighted by Crippen LogP contribution is -2.22. The van der Waals surface area contributed by atoms with Crippen LogP contribution in [0, 0.1) is 0 Å². The second kappa shape index (κ2) is 13.0. The van der Waals surface area contributed by atoms with Gasteiger partial charge in [-0.15, -0.1) is 0 Å². The zero-order valence-corrected chi connectivity index (χ0v) is 13.9. The maximum Gasteiger partial charge on any atom is 0.207 e. The van der Waals surface area contributed by atoms with E-state index in [1.165, 1.54) is 6.92 Å². The molecule has 2 N–H and O–H groups in total. The van der Waals surface area contributed by atoms with E-state index in [0.717, 1.165) is 24.1 Å². The van der Waals surface area contributed by atoms with Crippen LogP contribution in [0.1, 0.15) is 34.1 Å². The molecule has 0 saturated carbocycles. The molecule has 22 heavy (non-hydrogen) atoms. The van der Waals surface area contributed by atoms with Crippen LogP contribution in [0.4, 0.5) is 4.39 Å². The molecule has 1 amide bonds. The summed E-state index contributed by atoms with van der Waals surface area (Å²) in [7, 11) is 0. The van der Waals surface area contributed by atoms with Gasteiger partial charge >= 0.3 is 0 Å². The highest BCUT2D eigenvalue weighted by Gasteiger charge is 2.09. The van der Waals surface area contributed by atoms with Crippen LogP contribution < -0.4 is 10.8 Å². The second-order valence-electron chi connectivity index (χ2n) is 4.68. The van der Waals surface area contributed by atoms with E-state index >= 15 is 0 Å². The minimum absolute atomic E-state index is 0.178. The maximum absolute atomic E-state index is 13.5. The molecule has 4 nitrogen and oxygen atoms in total. The van der Waals surface area contributed by atoms with Crippen molar-refractivity contribution in [3.8, 4) is 0 Å². The third-order valence-corrected chi connectivity index (χ3v) is 2.81. The van der Waals surface area contributed by atoms with Gasteiger partial charge in [0.05, 0.1) is 6.61 Å². The molecule has 0 spiro atoms. The summed E-state index contributed by atoms with van der Waals surface area (Å²) in [5.74, 6) is -0.178. The first kappa shape index (κ1) is 20.3. The topological polar surface area (TPSA) is 50.4 Å². The van der Waals surface area contributed by atoms with Crippen LogP contribution in [0.5, 0.6) is 0 Å². The van der Waals surface area contributed by atoms with Crippen molar-refractivity contribution in [2.45, 2.75) is 34.1 Å². The number of rotatable bonds is 6. The summed E-state index contributed by atoms with van der Waals surface area (Å²) in [6.07, 6.45) is 9.47. The quantitative estimate of drug-likeness (QED) is 0.584. The van der Waals surface area contributed by atoms with Crippen molar-refractivity contribution in [3.63, 3.8) is 0 Å². The highest BCUT2D eigenvalue weighted by molar-refractivity contribution is 5.45. The van der Waals surface area contributed by atoms with Crippen molar-refractivity contribution in [2.24, 2.45) is 0 Å². The summed E-state index contributed by atoms with van der Waals surface area (Å²) < 4.78 is 13.5. The molecule has 5 heteroatoms. The summed E-state index contributed by atoms with van der Waals surface area (Å²) in [6.45, 7) is 9.18. The molecule has 1 aliphatic heterocycles. The van der Waals surface area contributed by atoms with Gasteiger partial charge in [-0.2, -0.15) is 5.48 Å². The van der Waals surface area contributed by atoms with Crippen LogP contribution in [0.2, 0.25) is 0 Å². The Kier molecular flexibility index (Phi) is 12.0. The molecule has 0 aromatic rings. The van der Waals surface area contributed by atoms with E-state index in [9.17, 15) is 9.18 Å². The summed E-state index contributed by atoms with van der Waals surface area (Å²) in [5, 5.41) is 2.43.